The predicted octanol–water partition coefficient (Wildman–Crippen LogP) is 6.26. The maximum atomic E-state index is 13.0. The number of ketones is 1. The fraction of sp³-hybridized carbons (Fsp3) is 0.360. The first-order valence-electron chi connectivity index (χ1n) is 10.5. The Labute approximate surface area is 192 Å². The van der Waals surface area contributed by atoms with E-state index < -0.39 is 0 Å². The Morgan fingerprint density at radius 3 is 2.68 bits per heavy atom. The van der Waals surface area contributed by atoms with E-state index in [0.29, 0.717) is 53.1 Å². The van der Waals surface area contributed by atoms with Crippen LogP contribution in [-0.4, -0.2) is 23.6 Å². The van der Waals surface area contributed by atoms with Gasteiger partial charge < -0.3 is 9.30 Å². The lowest BCUT2D eigenvalue weighted by atomic mass is 9.91. The molecule has 0 spiro atoms. The summed E-state index contributed by atoms with van der Waals surface area (Å²) < 4.78 is 7.46. The minimum Gasteiger partial charge on any atom is -0.381 e. The zero-order chi connectivity index (χ0) is 22.1. The first-order chi connectivity index (χ1) is 14.9. The molecule has 1 aromatic heterocycles. The number of hydrogen-bond acceptors (Lipinski definition) is 3. The van der Waals surface area contributed by atoms with Gasteiger partial charge in [0.15, 0.2) is 5.78 Å². The van der Waals surface area contributed by atoms with Crippen LogP contribution in [-0.2, 0) is 18.2 Å². The zero-order valence-electron chi connectivity index (χ0n) is 17.7. The molecule has 1 aliphatic heterocycles. The Hall–Kier alpha value is -2.32. The molecule has 2 aromatic carbocycles. The van der Waals surface area contributed by atoms with Crippen molar-refractivity contribution in [3.8, 4) is 6.07 Å². The van der Waals surface area contributed by atoms with Crippen molar-refractivity contribution in [3.05, 3.63) is 68.3 Å². The van der Waals surface area contributed by atoms with Gasteiger partial charge in [0.2, 0.25) is 0 Å². The van der Waals surface area contributed by atoms with Crippen LogP contribution >= 0.6 is 23.2 Å². The molecule has 0 amide bonds. The molecule has 31 heavy (non-hydrogen) atoms. The van der Waals surface area contributed by atoms with E-state index in [-0.39, 0.29) is 5.78 Å². The topological polar surface area (TPSA) is 55.0 Å². The Morgan fingerprint density at radius 1 is 1.23 bits per heavy atom. The van der Waals surface area contributed by atoms with E-state index in [1.54, 1.807) is 12.1 Å². The highest BCUT2D eigenvalue weighted by molar-refractivity contribution is 6.38. The van der Waals surface area contributed by atoms with Gasteiger partial charge in [0.05, 0.1) is 16.7 Å². The smallest absolute Gasteiger partial charge is 0.164 e. The number of carbonyl (C=O) groups is 1. The number of benzene rings is 2. The van der Waals surface area contributed by atoms with Crippen LogP contribution in [0.1, 0.15) is 52.0 Å². The van der Waals surface area contributed by atoms with Crippen molar-refractivity contribution in [1.82, 2.24) is 4.57 Å². The molecule has 160 valence electrons. The van der Waals surface area contributed by atoms with Crippen LogP contribution < -0.4 is 0 Å². The molecule has 0 N–H and O–H groups in total. The Balaban J connectivity index is 1.67. The van der Waals surface area contributed by atoms with E-state index >= 15 is 0 Å². The summed E-state index contributed by atoms with van der Waals surface area (Å²) in [5, 5.41) is 11.4. The minimum absolute atomic E-state index is 0.0568. The van der Waals surface area contributed by atoms with Crippen LogP contribution in [0.25, 0.3) is 10.9 Å². The van der Waals surface area contributed by atoms with Gasteiger partial charge in [-0.3, -0.25) is 4.79 Å². The number of carbonyl (C=O) groups excluding carboxylic acids is 1. The average Bonchev–Trinajstić information content (AvgIpc) is 3.07. The van der Waals surface area contributed by atoms with Crippen molar-refractivity contribution < 1.29 is 9.53 Å². The fourth-order valence-corrected chi connectivity index (χ4v) is 4.99. The molecule has 4 nitrogen and oxygen atoms in total. The molecule has 1 fully saturated rings. The third-order valence-corrected chi connectivity index (χ3v) is 7.04. The Bertz CT molecular complexity index is 1200. The SMILES string of the molecule is Cc1cc(C#N)cc2c1cc(Cc1c(Cl)ccc(C(=O)CC3CCOCC3)c1Cl)n2C. The van der Waals surface area contributed by atoms with E-state index in [1.165, 1.54) is 0 Å². The largest absolute Gasteiger partial charge is 0.381 e. The first-order valence-corrected chi connectivity index (χ1v) is 11.2. The number of Topliss-reactive ketones (excluding diaryl/α,β-unsaturated/α-hetero) is 1. The standard InChI is InChI=1S/C25H24Cl2N2O2/c1-15-9-17(14-28)10-23-20(15)12-18(29(23)2)13-21-22(26)4-3-19(25(21)27)24(30)11-16-5-7-31-8-6-16/h3-4,9-10,12,16H,5-8,11,13H2,1-2H3. The summed E-state index contributed by atoms with van der Waals surface area (Å²) in [7, 11) is 1.97. The highest BCUT2D eigenvalue weighted by Crippen LogP contribution is 2.34. The fourth-order valence-electron chi connectivity index (χ4n) is 4.38. The summed E-state index contributed by atoms with van der Waals surface area (Å²) >= 11 is 13.2. The molecule has 1 saturated heterocycles. The first kappa shape index (κ1) is 21.9. The molecule has 0 bridgehead atoms. The van der Waals surface area contributed by atoms with Crippen molar-refractivity contribution in [1.29, 1.82) is 5.26 Å². The molecule has 1 aliphatic rings. The summed E-state index contributed by atoms with van der Waals surface area (Å²) in [6.45, 7) is 3.43. The summed E-state index contributed by atoms with van der Waals surface area (Å²) in [5.41, 5.74) is 4.99. The van der Waals surface area contributed by atoms with Crippen molar-refractivity contribution >= 4 is 39.9 Å². The van der Waals surface area contributed by atoms with Gasteiger partial charge in [0.1, 0.15) is 0 Å². The molecule has 0 aliphatic carbocycles. The van der Waals surface area contributed by atoms with Gasteiger partial charge >= 0.3 is 0 Å². The van der Waals surface area contributed by atoms with Crippen LogP contribution in [0.2, 0.25) is 10.0 Å². The molecular weight excluding hydrogens is 431 g/mol. The number of fused-ring (bicyclic) bond motifs is 1. The molecule has 0 atom stereocenters. The van der Waals surface area contributed by atoms with E-state index in [2.05, 4.69) is 16.7 Å². The summed E-state index contributed by atoms with van der Waals surface area (Å²) in [6.07, 6.45) is 2.80. The van der Waals surface area contributed by atoms with E-state index in [9.17, 15) is 10.1 Å². The number of ether oxygens (including phenoxy) is 1. The van der Waals surface area contributed by atoms with Crippen LogP contribution in [0.4, 0.5) is 0 Å². The number of hydrogen-bond donors (Lipinski definition) is 0. The van der Waals surface area contributed by atoms with Crippen molar-refractivity contribution in [2.75, 3.05) is 13.2 Å². The minimum atomic E-state index is 0.0568. The van der Waals surface area contributed by atoms with Crippen LogP contribution in [0, 0.1) is 24.2 Å². The molecule has 4 rings (SSSR count). The zero-order valence-corrected chi connectivity index (χ0v) is 19.2. The van der Waals surface area contributed by atoms with Gasteiger partial charge in [-0.2, -0.15) is 5.26 Å². The molecule has 6 heteroatoms. The molecule has 0 saturated carbocycles. The third kappa shape index (κ3) is 4.36. The molecule has 0 unspecified atom stereocenters. The van der Waals surface area contributed by atoms with Gasteiger partial charge in [-0.1, -0.05) is 23.2 Å². The quantitative estimate of drug-likeness (QED) is 0.427. The van der Waals surface area contributed by atoms with E-state index in [4.69, 9.17) is 27.9 Å². The highest BCUT2D eigenvalue weighted by Gasteiger charge is 2.22. The highest BCUT2D eigenvalue weighted by atomic mass is 35.5. The number of rotatable bonds is 5. The van der Waals surface area contributed by atoms with Crippen molar-refractivity contribution in [3.63, 3.8) is 0 Å². The van der Waals surface area contributed by atoms with Crippen LogP contribution in [0.15, 0.2) is 30.3 Å². The van der Waals surface area contributed by atoms with Crippen LogP contribution in [0.5, 0.6) is 0 Å². The molecule has 0 radical (unpaired) electrons. The second-order valence-corrected chi connectivity index (χ2v) is 9.06. The third-order valence-electron chi connectivity index (χ3n) is 6.26. The van der Waals surface area contributed by atoms with Gasteiger partial charge in [-0.25, -0.2) is 0 Å². The van der Waals surface area contributed by atoms with Crippen LogP contribution in [0.3, 0.4) is 0 Å². The maximum absolute atomic E-state index is 13.0. The normalized spacial score (nSPS) is 14.7. The lowest BCUT2D eigenvalue weighted by Crippen LogP contribution is -2.19. The van der Waals surface area contributed by atoms with Gasteiger partial charge in [-0.15, -0.1) is 0 Å². The summed E-state index contributed by atoms with van der Waals surface area (Å²) in [4.78, 5) is 13.0. The molecular formula is C25H24Cl2N2O2. The monoisotopic (exact) mass is 454 g/mol. The Morgan fingerprint density at radius 2 is 1.97 bits per heavy atom. The maximum Gasteiger partial charge on any atom is 0.164 e. The number of halogens is 2. The van der Waals surface area contributed by atoms with Gasteiger partial charge in [-0.05, 0) is 67.1 Å². The van der Waals surface area contributed by atoms with E-state index in [1.807, 2.05) is 26.1 Å². The average molecular weight is 455 g/mol. The van der Waals surface area contributed by atoms with Gasteiger partial charge in [0.25, 0.3) is 0 Å². The number of nitrogens with zero attached hydrogens (tertiary/aromatic N) is 2. The lowest BCUT2D eigenvalue weighted by Gasteiger charge is -2.21. The molecule has 2 heterocycles. The second-order valence-electron chi connectivity index (χ2n) is 8.28. The Kier molecular flexibility index (Phi) is 6.39. The van der Waals surface area contributed by atoms with Crippen molar-refractivity contribution in [2.45, 2.75) is 32.6 Å². The predicted molar refractivity (Wildman–Crippen MR) is 124 cm³/mol. The summed E-state index contributed by atoms with van der Waals surface area (Å²) in [6, 6.07) is 11.6. The number of aromatic nitrogens is 1. The van der Waals surface area contributed by atoms with Gasteiger partial charge in [0, 0.05) is 60.3 Å². The lowest BCUT2D eigenvalue weighted by molar-refractivity contribution is 0.0601. The van der Waals surface area contributed by atoms with Crippen molar-refractivity contribution in [2.24, 2.45) is 13.0 Å². The second kappa shape index (κ2) is 9.04. The van der Waals surface area contributed by atoms with E-state index in [0.717, 1.165) is 40.6 Å². The molecule has 3 aromatic rings. The summed E-state index contributed by atoms with van der Waals surface area (Å²) in [5.74, 6) is 0.397. The number of aryl methyl sites for hydroxylation is 2. The number of nitriles is 1.